The van der Waals surface area contributed by atoms with Crippen molar-refractivity contribution in [3.8, 4) is 0 Å². The second-order valence-corrected chi connectivity index (χ2v) is 21.4. The standard InChI is InChI=1S/C71H122O5/c1-3-5-7-9-11-13-15-17-19-21-23-25-27-29-31-33-34-35-36-38-40-42-44-46-48-50-52-54-56-58-60-62-64-66-71(74)76-69(67-72)68-75-70(73)65-63-61-59-57-55-53-51-49-47-45-43-41-39-37-32-30-28-26-24-22-20-18-16-14-12-10-8-6-4-2/h5-8,11-14,17-20,23-26,29,31,69,72H,3-4,9-10,15-16,21-22,27-28,30,32-68H2,1-2H3/b7-5-,8-6-,13-11-,14-12-,19-17-,20-18-,25-23-,26-24-,31-29-. The highest BCUT2D eigenvalue weighted by atomic mass is 16.6. The zero-order chi connectivity index (χ0) is 54.8. The number of esters is 2. The molecule has 0 radical (unpaired) electrons. The van der Waals surface area contributed by atoms with Gasteiger partial charge in [0.25, 0.3) is 0 Å². The van der Waals surface area contributed by atoms with Crippen molar-refractivity contribution in [3.63, 3.8) is 0 Å². The molecule has 0 aliphatic carbocycles. The first-order chi connectivity index (χ1) is 37.6. The van der Waals surface area contributed by atoms with Crippen LogP contribution in [-0.4, -0.2) is 36.4 Å². The van der Waals surface area contributed by atoms with Gasteiger partial charge in [-0.05, 0) is 96.3 Å². The average molecular weight is 1060 g/mol. The average Bonchev–Trinajstić information content (AvgIpc) is 3.42. The Kier molecular flexibility index (Phi) is 62.9. The molecule has 76 heavy (non-hydrogen) atoms. The normalized spacial score (nSPS) is 12.9. The van der Waals surface area contributed by atoms with E-state index in [0.717, 1.165) is 96.3 Å². The number of aliphatic hydroxyl groups is 1. The number of hydrogen-bond acceptors (Lipinski definition) is 5. The van der Waals surface area contributed by atoms with Crippen LogP contribution in [0.15, 0.2) is 109 Å². The molecule has 1 unspecified atom stereocenters. The molecule has 0 heterocycles. The molecule has 5 heteroatoms. The summed E-state index contributed by atoms with van der Waals surface area (Å²) in [5.41, 5.74) is 0. The van der Waals surface area contributed by atoms with Gasteiger partial charge in [-0.25, -0.2) is 0 Å². The summed E-state index contributed by atoms with van der Waals surface area (Å²) in [7, 11) is 0. The van der Waals surface area contributed by atoms with Crippen LogP contribution in [0.3, 0.4) is 0 Å². The minimum absolute atomic E-state index is 0.0667. The topological polar surface area (TPSA) is 72.8 Å². The van der Waals surface area contributed by atoms with Crippen LogP contribution in [0.5, 0.6) is 0 Å². The van der Waals surface area contributed by atoms with E-state index in [-0.39, 0.29) is 25.2 Å². The molecule has 0 rings (SSSR count). The van der Waals surface area contributed by atoms with Crippen LogP contribution in [0.2, 0.25) is 0 Å². The van der Waals surface area contributed by atoms with Crippen molar-refractivity contribution in [3.05, 3.63) is 109 Å². The minimum atomic E-state index is -0.777. The molecule has 0 aromatic carbocycles. The Bertz CT molecular complexity index is 1470. The zero-order valence-electron chi connectivity index (χ0n) is 50.0. The smallest absolute Gasteiger partial charge is 0.306 e. The second kappa shape index (κ2) is 65.8. The highest BCUT2D eigenvalue weighted by Crippen LogP contribution is 2.17. The lowest BCUT2D eigenvalue weighted by Gasteiger charge is -2.15. The van der Waals surface area contributed by atoms with Crippen LogP contribution in [0, 0.1) is 0 Å². The van der Waals surface area contributed by atoms with Gasteiger partial charge >= 0.3 is 11.9 Å². The summed E-state index contributed by atoms with van der Waals surface area (Å²) in [6.07, 6.45) is 95.2. The third-order valence-corrected chi connectivity index (χ3v) is 14.1. The molecule has 0 spiro atoms. The van der Waals surface area contributed by atoms with Crippen molar-refractivity contribution >= 4 is 11.9 Å². The zero-order valence-corrected chi connectivity index (χ0v) is 50.0. The van der Waals surface area contributed by atoms with Crippen LogP contribution in [0.1, 0.15) is 309 Å². The van der Waals surface area contributed by atoms with Crippen molar-refractivity contribution in [2.45, 2.75) is 315 Å². The van der Waals surface area contributed by atoms with E-state index in [1.54, 1.807) is 0 Å². The summed E-state index contributed by atoms with van der Waals surface area (Å²) >= 11 is 0. The molecule has 0 amide bonds. The number of aliphatic hydroxyl groups excluding tert-OH is 1. The molecule has 0 saturated carbocycles. The van der Waals surface area contributed by atoms with Gasteiger partial charge in [0.15, 0.2) is 6.10 Å². The Hall–Kier alpha value is -3.44. The van der Waals surface area contributed by atoms with E-state index in [2.05, 4.69) is 123 Å². The van der Waals surface area contributed by atoms with Crippen LogP contribution in [0.4, 0.5) is 0 Å². The number of ether oxygens (including phenoxy) is 2. The predicted molar refractivity (Wildman–Crippen MR) is 334 cm³/mol. The highest BCUT2D eigenvalue weighted by molar-refractivity contribution is 5.70. The fourth-order valence-corrected chi connectivity index (χ4v) is 9.28. The van der Waals surface area contributed by atoms with Gasteiger partial charge in [-0.2, -0.15) is 0 Å². The van der Waals surface area contributed by atoms with Gasteiger partial charge in [0, 0.05) is 12.8 Å². The van der Waals surface area contributed by atoms with Gasteiger partial charge in [0.2, 0.25) is 0 Å². The molecule has 0 aromatic heterocycles. The number of carbonyl (C=O) groups excluding carboxylic acids is 2. The van der Waals surface area contributed by atoms with Gasteiger partial charge in [0.05, 0.1) is 6.61 Å². The molecule has 0 bridgehead atoms. The SMILES string of the molecule is CC/C=C\C/C=C\C/C=C\C/C=C\C/C=C\CCCCCCCCCCCCCCCCCCCC(=O)OC(CO)COC(=O)CCCCCCCCCCCCCCCCCC/C=C\C/C=C\C/C=C\C/C=C\CC. The summed E-state index contributed by atoms with van der Waals surface area (Å²) in [5, 5.41) is 9.69. The molecule has 0 aliphatic rings. The maximum absolute atomic E-state index is 12.4. The number of allylic oxidation sites excluding steroid dienone is 18. The second-order valence-electron chi connectivity index (χ2n) is 21.4. The molecular formula is C71H122O5. The molecule has 1 atom stereocenters. The predicted octanol–water partition coefficient (Wildman–Crippen LogP) is 22.4. The van der Waals surface area contributed by atoms with E-state index in [9.17, 15) is 14.7 Å². The van der Waals surface area contributed by atoms with Gasteiger partial charge in [-0.3, -0.25) is 9.59 Å². The van der Waals surface area contributed by atoms with Crippen molar-refractivity contribution in [1.29, 1.82) is 0 Å². The Balaban J connectivity index is 3.45. The molecule has 1 N–H and O–H groups in total. The highest BCUT2D eigenvalue weighted by Gasteiger charge is 2.16. The number of unbranched alkanes of at least 4 members (excludes halogenated alkanes) is 33. The van der Waals surface area contributed by atoms with E-state index in [1.807, 2.05) is 0 Å². The summed E-state index contributed by atoms with van der Waals surface area (Å²) in [5.74, 6) is -0.581. The fraction of sp³-hybridized carbons (Fsp3) is 0.718. The first-order valence-corrected chi connectivity index (χ1v) is 32.4. The van der Waals surface area contributed by atoms with E-state index in [1.165, 1.54) is 186 Å². The fourth-order valence-electron chi connectivity index (χ4n) is 9.28. The molecule has 436 valence electrons. The monoisotopic (exact) mass is 1050 g/mol. The summed E-state index contributed by atoms with van der Waals surface area (Å²) < 4.78 is 10.7. The van der Waals surface area contributed by atoms with Crippen LogP contribution in [-0.2, 0) is 19.1 Å². The van der Waals surface area contributed by atoms with Crippen molar-refractivity contribution in [1.82, 2.24) is 0 Å². The molecular weight excluding hydrogens is 933 g/mol. The minimum Gasteiger partial charge on any atom is -0.462 e. The third-order valence-electron chi connectivity index (χ3n) is 14.1. The molecule has 0 aromatic rings. The Labute approximate surface area is 471 Å². The van der Waals surface area contributed by atoms with Crippen LogP contribution in [0.25, 0.3) is 0 Å². The lowest BCUT2D eigenvalue weighted by atomic mass is 10.0. The van der Waals surface area contributed by atoms with Crippen molar-refractivity contribution in [2.75, 3.05) is 13.2 Å². The maximum atomic E-state index is 12.4. The van der Waals surface area contributed by atoms with Crippen LogP contribution >= 0.6 is 0 Å². The third kappa shape index (κ3) is 63.1. The number of rotatable bonds is 59. The quantitative estimate of drug-likeness (QED) is 0.0373. The molecule has 0 saturated heterocycles. The van der Waals surface area contributed by atoms with Gasteiger partial charge in [-0.1, -0.05) is 309 Å². The summed E-state index contributed by atoms with van der Waals surface area (Å²) in [6, 6.07) is 0. The number of hydrogen-bond donors (Lipinski definition) is 1. The van der Waals surface area contributed by atoms with Gasteiger partial charge in [0.1, 0.15) is 6.61 Å². The Morgan fingerprint density at radius 2 is 0.526 bits per heavy atom. The number of carbonyl (C=O) groups is 2. The largest absolute Gasteiger partial charge is 0.462 e. The Morgan fingerprint density at radius 3 is 0.789 bits per heavy atom. The Morgan fingerprint density at radius 1 is 0.303 bits per heavy atom. The molecule has 0 fully saturated rings. The van der Waals surface area contributed by atoms with Gasteiger partial charge in [-0.15, -0.1) is 0 Å². The van der Waals surface area contributed by atoms with Gasteiger partial charge < -0.3 is 14.6 Å². The maximum Gasteiger partial charge on any atom is 0.306 e. The molecule has 0 aliphatic heterocycles. The first-order valence-electron chi connectivity index (χ1n) is 32.4. The van der Waals surface area contributed by atoms with Crippen LogP contribution < -0.4 is 0 Å². The lowest BCUT2D eigenvalue weighted by Crippen LogP contribution is -2.28. The van der Waals surface area contributed by atoms with Crippen molar-refractivity contribution in [2.24, 2.45) is 0 Å². The summed E-state index contributed by atoms with van der Waals surface area (Å²) in [4.78, 5) is 24.6. The van der Waals surface area contributed by atoms with Crippen molar-refractivity contribution < 1.29 is 24.2 Å². The van der Waals surface area contributed by atoms with E-state index in [4.69, 9.17) is 9.47 Å². The first kappa shape index (κ1) is 72.6. The van der Waals surface area contributed by atoms with E-state index < -0.39 is 6.10 Å². The van der Waals surface area contributed by atoms with E-state index in [0.29, 0.717) is 12.8 Å². The van der Waals surface area contributed by atoms with E-state index >= 15 is 0 Å². The molecule has 5 nitrogen and oxygen atoms in total. The summed E-state index contributed by atoms with van der Waals surface area (Å²) in [6.45, 7) is 3.94. The lowest BCUT2D eigenvalue weighted by molar-refractivity contribution is -0.161.